The normalized spacial score (nSPS) is 17.1. The quantitative estimate of drug-likeness (QED) is 0.906. The Kier molecular flexibility index (Phi) is 3.64. The first kappa shape index (κ1) is 13.7. The molecule has 3 rings (SSSR count). The predicted molar refractivity (Wildman–Crippen MR) is 80.9 cm³/mol. The van der Waals surface area contributed by atoms with Gasteiger partial charge in [0.05, 0.1) is 12.2 Å². The fraction of sp³-hybridized carbons (Fsp3) is 0.375. The minimum atomic E-state index is -0.942. The molecule has 0 bridgehead atoms. The standard InChI is InChI=1S/C16H19N3O2/c1-2-3-11-4-6-12(7-5-11)14-8-9-17-15-13(16(20)21)10-18-19(14)15/h4-7,10,14,17H,2-3,8-9H2,1H3,(H,20,21). The van der Waals surface area contributed by atoms with E-state index in [2.05, 4.69) is 41.6 Å². The van der Waals surface area contributed by atoms with Crippen LogP contribution in [-0.4, -0.2) is 27.4 Å². The van der Waals surface area contributed by atoms with E-state index in [9.17, 15) is 9.90 Å². The van der Waals surface area contributed by atoms with E-state index in [1.165, 1.54) is 17.3 Å². The van der Waals surface area contributed by atoms with Crippen molar-refractivity contribution in [3.05, 3.63) is 47.2 Å². The van der Waals surface area contributed by atoms with E-state index in [-0.39, 0.29) is 11.6 Å². The molecule has 21 heavy (non-hydrogen) atoms. The number of anilines is 1. The van der Waals surface area contributed by atoms with Crippen molar-refractivity contribution in [2.24, 2.45) is 0 Å². The van der Waals surface area contributed by atoms with Gasteiger partial charge in [-0.1, -0.05) is 37.6 Å². The van der Waals surface area contributed by atoms with Crippen molar-refractivity contribution in [2.45, 2.75) is 32.2 Å². The average molecular weight is 285 g/mol. The summed E-state index contributed by atoms with van der Waals surface area (Å²) in [5.74, 6) is -0.334. The second-order valence-electron chi connectivity index (χ2n) is 5.38. The van der Waals surface area contributed by atoms with Gasteiger partial charge in [-0.3, -0.25) is 0 Å². The topological polar surface area (TPSA) is 67.2 Å². The molecule has 0 saturated carbocycles. The first-order valence-electron chi connectivity index (χ1n) is 7.34. The van der Waals surface area contributed by atoms with Gasteiger partial charge in [-0.25, -0.2) is 9.48 Å². The number of benzene rings is 1. The van der Waals surface area contributed by atoms with Gasteiger partial charge < -0.3 is 10.4 Å². The van der Waals surface area contributed by atoms with Gasteiger partial charge in [-0.05, 0) is 24.0 Å². The average Bonchev–Trinajstić information content (AvgIpc) is 2.92. The third-order valence-corrected chi connectivity index (χ3v) is 3.93. The zero-order valence-corrected chi connectivity index (χ0v) is 12.0. The summed E-state index contributed by atoms with van der Waals surface area (Å²) in [5, 5.41) is 16.6. The Hall–Kier alpha value is -2.30. The molecule has 1 aliphatic heterocycles. The number of hydrogen-bond donors (Lipinski definition) is 2. The van der Waals surface area contributed by atoms with Crippen LogP contribution < -0.4 is 5.32 Å². The maximum atomic E-state index is 11.2. The number of aromatic carboxylic acids is 1. The third-order valence-electron chi connectivity index (χ3n) is 3.93. The van der Waals surface area contributed by atoms with Gasteiger partial charge in [0.2, 0.25) is 0 Å². The molecule has 0 saturated heterocycles. The van der Waals surface area contributed by atoms with E-state index in [1.807, 2.05) is 0 Å². The van der Waals surface area contributed by atoms with E-state index in [1.54, 1.807) is 4.68 Å². The van der Waals surface area contributed by atoms with Crippen LogP contribution in [0, 0.1) is 0 Å². The van der Waals surface area contributed by atoms with Crippen LogP contribution in [0.4, 0.5) is 5.82 Å². The summed E-state index contributed by atoms with van der Waals surface area (Å²) in [6.45, 7) is 2.93. The van der Waals surface area contributed by atoms with Crippen LogP contribution in [0.25, 0.3) is 0 Å². The Morgan fingerprint density at radius 2 is 2.19 bits per heavy atom. The number of rotatable bonds is 4. The number of aryl methyl sites for hydroxylation is 1. The molecule has 1 aliphatic rings. The molecule has 0 spiro atoms. The Morgan fingerprint density at radius 1 is 1.43 bits per heavy atom. The summed E-state index contributed by atoms with van der Waals surface area (Å²) in [6.07, 6.45) is 4.55. The van der Waals surface area contributed by atoms with Crippen molar-refractivity contribution in [3.63, 3.8) is 0 Å². The Morgan fingerprint density at radius 3 is 2.86 bits per heavy atom. The van der Waals surface area contributed by atoms with Crippen molar-refractivity contribution < 1.29 is 9.90 Å². The Bertz CT molecular complexity index is 646. The highest BCUT2D eigenvalue weighted by molar-refractivity contribution is 5.93. The number of nitrogens with one attached hydrogen (secondary N) is 1. The zero-order chi connectivity index (χ0) is 14.8. The number of carboxylic acid groups (broad SMARTS) is 1. The molecular weight excluding hydrogens is 266 g/mol. The van der Waals surface area contributed by atoms with Crippen LogP contribution in [0.3, 0.4) is 0 Å². The molecule has 0 aliphatic carbocycles. The summed E-state index contributed by atoms with van der Waals surface area (Å²) in [4.78, 5) is 11.2. The molecule has 110 valence electrons. The lowest BCUT2D eigenvalue weighted by Crippen LogP contribution is -2.25. The van der Waals surface area contributed by atoms with Crippen molar-refractivity contribution in [3.8, 4) is 0 Å². The summed E-state index contributed by atoms with van der Waals surface area (Å²) < 4.78 is 1.79. The number of hydrogen-bond acceptors (Lipinski definition) is 3. The smallest absolute Gasteiger partial charge is 0.341 e. The third kappa shape index (κ3) is 2.51. The van der Waals surface area contributed by atoms with Gasteiger partial charge in [0.15, 0.2) is 0 Å². The SMILES string of the molecule is CCCc1ccc(C2CCNc3c(C(=O)O)cnn32)cc1. The minimum Gasteiger partial charge on any atom is -0.477 e. The first-order chi connectivity index (χ1) is 10.2. The lowest BCUT2D eigenvalue weighted by atomic mass is 9.99. The van der Waals surface area contributed by atoms with Crippen molar-refractivity contribution in [2.75, 3.05) is 11.9 Å². The molecule has 2 heterocycles. The van der Waals surface area contributed by atoms with E-state index in [4.69, 9.17) is 0 Å². The van der Waals surface area contributed by atoms with Gasteiger partial charge in [0.1, 0.15) is 11.4 Å². The lowest BCUT2D eigenvalue weighted by Gasteiger charge is -2.26. The van der Waals surface area contributed by atoms with Gasteiger partial charge in [0, 0.05) is 6.54 Å². The molecule has 5 heteroatoms. The molecule has 1 atom stereocenters. The van der Waals surface area contributed by atoms with E-state index < -0.39 is 5.97 Å². The zero-order valence-electron chi connectivity index (χ0n) is 12.0. The fourth-order valence-corrected chi connectivity index (χ4v) is 2.88. The van der Waals surface area contributed by atoms with Crippen molar-refractivity contribution in [1.82, 2.24) is 9.78 Å². The van der Waals surface area contributed by atoms with E-state index >= 15 is 0 Å². The first-order valence-corrected chi connectivity index (χ1v) is 7.34. The fourth-order valence-electron chi connectivity index (χ4n) is 2.88. The highest BCUT2D eigenvalue weighted by Gasteiger charge is 2.26. The maximum absolute atomic E-state index is 11.2. The van der Waals surface area contributed by atoms with Gasteiger partial charge in [-0.15, -0.1) is 0 Å². The molecule has 1 aromatic carbocycles. The second-order valence-corrected chi connectivity index (χ2v) is 5.38. The van der Waals surface area contributed by atoms with Crippen LogP contribution in [0.1, 0.15) is 47.3 Å². The minimum absolute atomic E-state index is 0.102. The van der Waals surface area contributed by atoms with Gasteiger partial charge >= 0.3 is 5.97 Å². The molecule has 1 aromatic heterocycles. The number of aromatic nitrogens is 2. The molecule has 0 fully saturated rings. The van der Waals surface area contributed by atoms with Crippen LogP contribution in [0.15, 0.2) is 30.5 Å². The number of carbonyl (C=O) groups is 1. The summed E-state index contributed by atoms with van der Waals surface area (Å²) >= 11 is 0. The summed E-state index contributed by atoms with van der Waals surface area (Å²) in [6, 6.07) is 8.68. The van der Waals surface area contributed by atoms with E-state index in [0.29, 0.717) is 5.82 Å². The summed E-state index contributed by atoms with van der Waals surface area (Å²) in [7, 11) is 0. The number of nitrogens with zero attached hydrogens (tertiary/aromatic N) is 2. The molecule has 2 aromatic rings. The van der Waals surface area contributed by atoms with Crippen molar-refractivity contribution >= 4 is 11.8 Å². The van der Waals surface area contributed by atoms with Gasteiger partial charge in [0.25, 0.3) is 0 Å². The second kappa shape index (κ2) is 5.60. The molecule has 0 radical (unpaired) electrons. The highest BCUT2D eigenvalue weighted by Crippen LogP contribution is 2.31. The summed E-state index contributed by atoms with van der Waals surface area (Å²) in [5.41, 5.74) is 2.75. The predicted octanol–water partition coefficient (Wildman–Crippen LogP) is 2.94. The number of fused-ring (bicyclic) bond motifs is 1. The molecular formula is C16H19N3O2. The molecule has 1 unspecified atom stereocenters. The van der Waals surface area contributed by atoms with Crippen molar-refractivity contribution in [1.29, 1.82) is 0 Å². The molecule has 2 N–H and O–H groups in total. The molecule has 5 nitrogen and oxygen atoms in total. The Labute approximate surface area is 123 Å². The highest BCUT2D eigenvalue weighted by atomic mass is 16.4. The van der Waals surface area contributed by atoms with Crippen LogP contribution >= 0.6 is 0 Å². The van der Waals surface area contributed by atoms with Gasteiger partial charge in [-0.2, -0.15) is 5.10 Å². The van der Waals surface area contributed by atoms with Crippen LogP contribution in [0.2, 0.25) is 0 Å². The number of carboxylic acids is 1. The largest absolute Gasteiger partial charge is 0.477 e. The van der Waals surface area contributed by atoms with Crippen LogP contribution in [-0.2, 0) is 6.42 Å². The van der Waals surface area contributed by atoms with E-state index in [0.717, 1.165) is 25.8 Å². The lowest BCUT2D eigenvalue weighted by molar-refractivity contribution is 0.0697. The maximum Gasteiger partial charge on any atom is 0.341 e. The monoisotopic (exact) mass is 285 g/mol. The molecule has 0 amide bonds. The Balaban J connectivity index is 1.93. The van der Waals surface area contributed by atoms with Crippen LogP contribution in [0.5, 0.6) is 0 Å².